The Balaban J connectivity index is 1.27. The van der Waals surface area contributed by atoms with Crippen molar-refractivity contribution in [3.63, 3.8) is 0 Å². The molecule has 11 heteroatoms. The number of carbonyl (C=O) groups is 1. The van der Waals surface area contributed by atoms with Gasteiger partial charge in [-0.2, -0.15) is 0 Å². The van der Waals surface area contributed by atoms with Crippen molar-refractivity contribution in [2.24, 2.45) is 11.1 Å². The zero-order valence-electron chi connectivity index (χ0n) is 23.8. The fourth-order valence-corrected chi connectivity index (χ4v) is 7.18. The van der Waals surface area contributed by atoms with Crippen LogP contribution in [-0.2, 0) is 16.4 Å². The number of piperazine rings is 1. The van der Waals surface area contributed by atoms with Crippen LogP contribution in [0.4, 0.5) is 11.6 Å². The SMILES string of the molecule is Cc1cc(C)c(C(=O)N2CCN(c3ncccc3S(N)(=O)=O)CC2)c(C)c1CC1CCN(c2ncccc2Cl)CC1. The number of piperidine rings is 1. The molecule has 5 rings (SSSR count). The monoisotopic (exact) mass is 596 g/mol. The van der Waals surface area contributed by atoms with E-state index < -0.39 is 10.0 Å². The molecule has 41 heavy (non-hydrogen) atoms. The van der Waals surface area contributed by atoms with Crippen LogP contribution < -0.4 is 14.9 Å². The Bertz CT molecular complexity index is 1550. The minimum absolute atomic E-state index is 0.00334. The second-order valence-electron chi connectivity index (χ2n) is 11.1. The average molecular weight is 597 g/mol. The van der Waals surface area contributed by atoms with Crippen LogP contribution >= 0.6 is 11.6 Å². The number of primary sulfonamides is 1. The number of nitrogens with two attached hydrogens (primary N) is 1. The summed E-state index contributed by atoms with van der Waals surface area (Å²) < 4.78 is 24.1. The number of pyridine rings is 2. The predicted octanol–water partition coefficient (Wildman–Crippen LogP) is 4.12. The van der Waals surface area contributed by atoms with Crippen molar-refractivity contribution in [2.75, 3.05) is 49.1 Å². The highest BCUT2D eigenvalue weighted by Crippen LogP contribution is 2.32. The van der Waals surface area contributed by atoms with Crippen molar-refractivity contribution in [1.29, 1.82) is 0 Å². The zero-order chi connectivity index (χ0) is 29.3. The molecule has 2 fully saturated rings. The summed E-state index contributed by atoms with van der Waals surface area (Å²) in [5, 5.41) is 6.10. The molecule has 1 amide bonds. The number of nitrogens with zero attached hydrogens (tertiary/aromatic N) is 5. The van der Waals surface area contributed by atoms with Crippen LogP contribution in [0.15, 0.2) is 47.6 Å². The van der Waals surface area contributed by atoms with E-state index in [-0.39, 0.29) is 10.8 Å². The smallest absolute Gasteiger partial charge is 0.254 e. The largest absolute Gasteiger partial charge is 0.355 e. The number of benzene rings is 1. The van der Waals surface area contributed by atoms with Gasteiger partial charge in [-0.25, -0.2) is 23.5 Å². The Kier molecular flexibility index (Phi) is 8.54. The van der Waals surface area contributed by atoms with Gasteiger partial charge in [-0.1, -0.05) is 17.7 Å². The van der Waals surface area contributed by atoms with Crippen LogP contribution in [0.1, 0.15) is 45.5 Å². The zero-order valence-corrected chi connectivity index (χ0v) is 25.4. The number of sulfonamides is 1. The summed E-state index contributed by atoms with van der Waals surface area (Å²) in [7, 11) is -3.90. The molecule has 0 bridgehead atoms. The Labute approximate surface area is 247 Å². The van der Waals surface area contributed by atoms with E-state index in [0.29, 0.717) is 42.9 Å². The first-order valence-corrected chi connectivity index (χ1v) is 15.9. The van der Waals surface area contributed by atoms with E-state index >= 15 is 0 Å². The molecule has 4 heterocycles. The van der Waals surface area contributed by atoms with E-state index in [1.54, 1.807) is 18.5 Å². The maximum atomic E-state index is 13.8. The van der Waals surface area contributed by atoms with Gasteiger partial charge in [0, 0.05) is 57.2 Å². The molecular formula is C30H37ClN6O3S. The number of halogens is 1. The second-order valence-corrected chi connectivity index (χ2v) is 13.0. The lowest BCUT2D eigenvalue weighted by Gasteiger charge is -2.37. The molecule has 218 valence electrons. The lowest BCUT2D eigenvalue weighted by molar-refractivity contribution is 0.0744. The van der Waals surface area contributed by atoms with Gasteiger partial charge < -0.3 is 14.7 Å². The fraction of sp³-hybridized carbons (Fsp3) is 0.433. The molecule has 0 atom stereocenters. The molecule has 0 saturated carbocycles. The van der Waals surface area contributed by atoms with Crippen LogP contribution in [0, 0.1) is 26.7 Å². The number of aromatic nitrogens is 2. The molecule has 2 saturated heterocycles. The molecular weight excluding hydrogens is 560 g/mol. The van der Waals surface area contributed by atoms with Gasteiger partial charge >= 0.3 is 0 Å². The minimum atomic E-state index is -3.90. The number of amides is 1. The molecule has 9 nitrogen and oxygen atoms in total. The lowest BCUT2D eigenvalue weighted by atomic mass is 9.84. The molecule has 0 spiro atoms. The Morgan fingerprint density at radius 3 is 2.17 bits per heavy atom. The Morgan fingerprint density at radius 2 is 1.54 bits per heavy atom. The van der Waals surface area contributed by atoms with Crippen LogP contribution in [0.25, 0.3) is 0 Å². The van der Waals surface area contributed by atoms with Crippen molar-refractivity contribution in [3.8, 4) is 0 Å². The van der Waals surface area contributed by atoms with Crippen molar-refractivity contribution in [1.82, 2.24) is 14.9 Å². The van der Waals surface area contributed by atoms with Crippen molar-refractivity contribution >= 4 is 39.2 Å². The van der Waals surface area contributed by atoms with Gasteiger partial charge in [-0.05, 0) is 92.5 Å². The molecule has 2 aliphatic rings. The molecule has 0 unspecified atom stereocenters. The maximum absolute atomic E-state index is 13.8. The van der Waals surface area contributed by atoms with Gasteiger partial charge in [0.15, 0.2) is 0 Å². The number of carbonyl (C=O) groups excluding carboxylic acids is 1. The fourth-order valence-electron chi connectivity index (χ4n) is 6.24. The number of rotatable bonds is 6. The van der Waals surface area contributed by atoms with Crippen LogP contribution in [0.5, 0.6) is 0 Å². The summed E-state index contributed by atoms with van der Waals surface area (Å²) in [6, 6.07) is 8.90. The van der Waals surface area contributed by atoms with E-state index in [9.17, 15) is 13.2 Å². The third-order valence-corrected chi connectivity index (χ3v) is 9.64. The molecule has 0 aliphatic carbocycles. The third kappa shape index (κ3) is 6.19. The van der Waals surface area contributed by atoms with Gasteiger partial charge in [0.1, 0.15) is 16.5 Å². The third-order valence-electron chi connectivity index (χ3n) is 8.41. The van der Waals surface area contributed by atoms with Crippen molar-refractivity contribution in [3.05, 3.63) is 75.6 Å². The van der Waals surface area contributed by atoms with Gasteiger partial charge in [0.05, 0.1) is 5.02 Å². The van der Waals surface area contributed by atoms with Crippen LogP contribution in [0.3, 0.4) is 0 Å². The Morgan fingerprint density at radius 1 is 0.927 bits per heavy atom. The predicted molar refractivity (Wildman–Crippen MR) is 162 cm³/mol. The number of aryl methyl sites for hydroxylation is 2. The molecule has 2 aliphatic heterocycles. The van der Waals surface area contributed by atoms with Crippen LogP contribution in [0.2, 0.25) is 5.02 Å². The van der Waals surface area contributed by atoms with Gasteiger partial charge in [0.25, 0.3) is 5.91 Å². The number of hydrogen-bond donors (Lipinski definition) is 1. The summed E-state index contributed by atoms with van der Waals surface area (Å²) in [5.41, 5.74) is 5.31. The summed E-state index contributed by atoms with van der Waals surface area (Å²) in [6.45, 7) is 9.92. The van der Waals surface area contributed by atoms with Crippen molar-refractivity contribution in [2.45, 2.75) is 44.9 Å². The highest BCUT2D eigenvalue weighted by molar-refractivity contribution is 7.89. The molecule has 3 aromatic rings. The Hall–Kier alpha value is -3.21. The molecule has 1 aromatic carbocycles. The van der Waals surface area contributed by atoms with E-state index in [1.807, 2.05) is 28.9 Å². The lowest BCUT2D eigenvalue weighted by Crippen LogP contribution is -2.49. The topological polar surface area (TPSA) is 113 Å². The number of hydrogen-bond acceptors (Lipinski definition) is 7. The minimum Gasteiger partial charge on any atom is -0.355 e. The van der Waals surface area contributed by atoms with Crippen LogP contribution in [-0.4, -0.2) is 68.5 Å². The molecule has 2 aromatic heterocycles. The van der Waals surface area contributed by atoms with Gasteiger partial charge in [0.2, 0.25) is 10.0 Å². The van der Waals surface area contributed by atoms with E-state index in [0.717, 1.165) is 54.9 Å². The first-order valence-electron chi connectivity index (χ1n) is 14.0. The molecule has 0 radical (unpaired) electrons. The first-order chi connectivity index (χ1) is 19.5. The highest BCUT2D eigenvalue weighted by Gasteiger charge is 2.29. The molecule has 2 N–H and O–H groups in total. The van der Waals surface area contributed by atoms with Crippen molar-refractivity contribution < 1.29 is 13.2 Å². The van der Waals surface area contributed by atoms with E-state index in [1.165, 1.54) is 17.2 Å². The first kappa shape index (κ1) is 29.3. The summed E-state index contributed by atoms with van der Waals surface area (Å²) in [6.07, 6.45) is 6.36. The van der Waals surface area contributed by atoms with E-state index in [2.05, 4.69) is 34.8 Å². The maximum Gasteiger partial charge on any atom is 0.254 e. The standard InChI is InChI=1S/C30H37ClN6O3S/c1-20-18-21(2)27(22(3)24(20)19-23-8-12-35(13-9-23)28-25(31)6-4-10-33-28)30(38)37-16-14-36(15-17-37)29-26(41(32,39)40)7-5-11-34-29/h4-7,10-11,18,23H,8-9,12-17,19H2,1-3H3,(H2,32,39,40). The van der Waals surface area contributed by atoms with Gasteiger partial charge in [-0.15, -0.1) is 0 Å². The highest BCUT2D eigenvalue weighted by atomic mass is 35.5. The van der Waals surface area contributed by atoms with Gasteiger partial charge in [-0.3, -0.25) is 4.79 Å². The second kappa shape index (κ2) is 12.0. The number of anilines is 2. The average Bonchev–Trinajstić information content (AvgIpc) is 2.95. The summed E-state index contributed by atoms with van der Waals surface area (Å²) >= 11 is 6.38. The quantitative estimate of drug-likeness (QED) is 0.455. The summed E-state index contributed by atoms with van der Waals surface area (Å²) in [5.74, 6) is 1.73. The summed E-state index contributed by atoms with van der Waals surface area (Å²) in [4.78, 5) is 28.6. The normalized spacial score (nSPS) is 16.8. The van der Waals surface area contributed by atoms with E-state index in [4.69, 9.17) is 16.7 Å².